The van der Waals surface area contributed by atoms with E-state index in [0.29, 0.717) is 5.69 Å². The van der Waals surface area contributed by atoms with Crippen molar-refractivity contribution in [1.29, 1.82) is 0 Å². The highest BCUT2D eigenvalue weighted by atomic mass is 16.2. The summed E-state index contributed by atoms with van der Waals surface area (Å²) in [4.78, 5) is 23.0. The first-order chi connectivity index (χ1) is 8.00. The van der Waals surface area contributed by atoms with E-state index in [0.717, 1.165) is 0 Å². The Morgan fingerprint density at radius 2 is 1.71 bits per heavy atom. The number of anilines is 1. The number of hydrogen-bond acceptors (Lipinski definition) is 3. The van der Waals surface area contributed by atoms with Crippen molar-refractivity contribution in [1.82, 2.24) is 5.32 Å². The zero-order chi connectivity index (χ0) is 12.8. The summed E-state index contributed by atoms with van der Waals surface area (Å²) < 4.78 is 0. The van der Waals surface area contributed by atoms with Gasteiger partial charge in [0, 0.05) is 5.69 Å². The lowest BCUT2D eigenvalue weighted by molar-refractivity contribution is -0.126. The third-order valence-electron chi connectivity index (χ3n) is 2.21. The largest absolute Gasteiger partial charge is 0.343 e. The van der Waals surface area contributed by atoms with Crippen molar-refractivity contribution in [2.45, 2.75) is 25.9 Å². The van der Waals surface area contributed by atoms with Crippen LogP contribution in [0.3, 0.4) is 0 Å². The molecule has 2 amide bonds. The first kappa shape index (κ1) is 13.2. The molecule has 1 aromatic rings. The molecule has 1 rings (SSSR count). The third-order valence-corrected chi connectivity index (χ3v) is 2.21. The highest BCUT2D eigenvalue weighted by molar-refractivity contribution is 5.97. The smallest absolute Gasteiger partial charge is 0.246 e. The fourth-order valence-electron chi connectivity index (χ4n) is 1.18. The number of para-hydroxylation sites is 1. The molecule has 17 heavy (non-hydrogen) atoms. The van der Waals surface area contributed by atoms with Gasteiger partial charge in [-0.1, -0.05) is 18.2 Å². The van der Waals surface area contributed by atoms with Crippen LogP contribution in [0.5, 0.6) is 0 Å². The molecule has 5 heteroatoms. The Morgan fingerprint density at radius 3 is 2.24 bits per heavy atom. The number of nitrogens with two attached hydrogens (primary N) is 1. The number of carbonyl (C=O) groups is 2. The minimum Gasteiger partial charge on any atom is -0.343 e. The summed E-state index contributed by atoms with van der Waals surface area (Å²) in [7, 11) is 0. The molecule has 0 saturated carbocycles. The number of carbonyl (C=O) groups excluding carboxylic acids is 2. The summed E-state index contributed by atoms with van der Waals surface area (Å²) >= 11 is 0. The van der Waals surface area contributed by atoms with E-state index in [1.54, 1.807) is 26.0 Å². The van der Waals surface area contributed by atoms with Gasteiger partial charge in [0.1, 0.15) is 6.04 Å². The monoisotopic (exact) mass is 235 g/mol. The second-order valence-corrected chi connectivity index (χ2v) is 3.87. The predicted molar refractivity (Wildman–Crippen MR) is 66.3 cm³/mol. The first-order valence-corrected chi connectivity index (χ1v) is 5.42. The van der Waals surface area contributed by atoms with Crippen molar-refractivity contribution in [3.63, 3.8) is 0 Å². The Kier molecular flexibility index (Phi) is 4.66. The van der Waals surface area contributed by atoms with Crippen LogP contribution in [0.2, 0.25) is 0 Å². The number of hydrogen-bond donors (Lipinski definition) is 3. The molecule has 1 aromatic carbocycles. The van der Waals surface area contributed by atoms with Crippen LogP contribution in [0.4, 0.5) is 5.69 Å². The Morgan fingerprint density at radius 1 is 1.12 bits per heavy atom. The van der Waals surface area contributed by atoms with Crippen molar-refractivity contribution in [2.24, 2.45) is 5.73 Å². The molecule has 0 spiro atoms. The van der Waals surface area contributed by atoms with Crippen LogP contribution < -0.4 is 16.4 Å². The van der Waals surface area contributed by atoms with E-state index in [-0.39, 0.29) is 11.8 Å². The fraction of sp³-hybridized carbons (Fsp3) is 0.333. The van der Waals surface area contributed by atoms with E-state index in [9.17, 15) is 9.59 Å². The van der Waals surface area contributed by atoms with Crippen LogP contribution in [-0.2, 0) is 9.59 Å². The fourth-order valence-corrected chi connectivity index (χ4v) is 1.18. The van der Waals surface area contributed by atoms with Gasteiger partial charge in [0.25, 0.3) is 0 Å². The van der Waals surface area contributed by atoms with Crippen LogP contribution >= 0.6 is 0 Å². The van der Waals surface area contributed by atoms with Gasteiger partial charge in [0.2, 0.25) is 11.8 Å². The summed E-state index contributed by atoms with van der Waals surface area (Å²) in [6.07, 6.45) is 0. The molecule has 0 heterocycles. The van der Waals surface area contributed by atoms with Crippen molar-refractivity contribution >= 4 is 17.5 Å². The third kappa shape index (κ3) is 4.24. The molecule has 0 saturated heterocycles. The van der Waals surface area contributed by atoms with Crippen molar-refractivity contribution in [3.8, 4) is 0 Å². The van der Waals surface area contributed by atoms with Crippen LogP contribution in [0.15, 0.2) is 30.3 Å². The molecule has 2 atom stereocenters. The van der Waals surface area contributed by atoms with Crippen molar-refractivity contribution in [2.75, 3.05) is 5.32 Å². The lowest BCUT2D eigenvalue weighted by Crippen LogP contribution is -2.47. The highest BCUT2D eigenvalue weighted by Gasteiger charge is 2.17. The van der Waals surface area contributed by atoms with Crippen molar-refractivity contribution in [3.05, 3.63) is 30.3 Å². The quantitative estimate of drug-likeness (QED) is 0.709. The molecule has 4 N–H and O–H groups in total. The van der Waals surface area contributed by atoms with Gasteiger partial charge in [-0.05, 0) is 26.0 Å². The summed E-state index contributed by atoms with van der Waals surface area (Å²) in [5.41, 5.74) is 6.09. The topological polar surface area (TPSA) is 84.2 Å². The summed E-state index contributed by atoms with van der Waals surface area (Å²) in [5.74, 6) is -0.620. The van der Waals surface area contributed by atoms with Gasteiger partial charge in [0.15, 0.2) is 0 Å². The second-order valence-electron chi connectivity index (χ2n) is 3.87. The minimum atomic E-state index is -0.623. The Bertz CT molecular complexity index is 390. The summed E-state index contributed by atoms with van der Waals surface area (Å²) in [5, 5.41) is 5.21. The number of nitrogens with one attached hydrogen (secondary N) is 2. The lowest BCUT2D eigenvalue weighted by Gasteiger charge is -2.15. The average Bonchev–Trinajstić information content (AvgIpc) is 2.29. The van der Waals surface area contributed by atoms with E-state index in [1.807, 2.05) is 18.2 Å². The average molecular weight is 235 g/mol. The molecule has 0 bridgehead atoms. The maximum Gasteiger partial charge on any atom is 0.246 e. The summed E-state index contributed by atoms with van der Waals surface area (Å²) in [6.45, 7) is 3.18. The predicted octanol–water partition coefficient (Wildman–Crippen LogP) is 0.477. The molecule has 0 fully saturated rings. The van der Waals surface area contributed by atoms with Gasteiger partial charge >= 0.3 is 0 Å². The number of amides is 2. The Balaban J connectivity index is 2.51. The van der Waals surface area contributed by atoms with Gasteiger partial charge in [-0.15, -0.1) is 0 Å². The standard InChI is InChI=1S/C12H17N3O2/c1-8(13)11(16)14-9(2)12(17)15-10-6-4-3-5-7-10/h3-9H,13H2,1-2H3,(H,14,16)(H,15,17)/t8-,9?/m0/s1. The molecular weight excluding hydrogens is 218 g/mol. The molecule has 0 aromatic heterocycles. The maximum atomic E-state index is 11.7. The van der Waals surface area contributed by atoms with Gasteiger partial charge < -0.3 is 16.4 Å². The molecule has 0 aliphatic heterocycles. The van der Waals surface area contributed by atoms with E-state index in [2.05, 4.69) is 10.6 Å². The van der Waals surface area contributed by atoms with Gasteiger partial charge in [-0.25, -0.2) is 0 Å². The SMILES string of the molecule is CC(NC(=O)[C@H](C)N)C(=O)Nc1ccccc1. The van der Waals surface area contributed by atoms with E-state index < -0.39 is 12.1 Å². The highest BCUT2D eigenvalue weighted by Crippen LogP contribution is 2.05. The lowest BCUT2D eigenvalue weighted by atomic mass is 10.2. The molecular formula is C12H17N3O2. The first-order valence-electron chi connectivity index (χ1n) is 5.42. The van der Waals surface area contributed by atoms with Gasteiger partial charge in [0.05, 0.1) is 6.04 Å². The van der Waals surface area contributed by atoms with E-state index in [1.165, 1.54) is 0 Å². The number of benzene rings is 1. The second kappa shape index (κ2) is 6.00. The van der Waals surface area contributed by atoms with Crippen molar-refractivity contribution < 1.29 is 9.59 Å². The molecule has 0 aliphatic rings. The molecule has 0 aliphatic carbocycles. The summed E-state index contributed by atoms with van der Waals surface area (Å²) in [6, 6.07) is 7.81. The molecule has 92 valence electrons. The maximum absolute atomic E-state index is 11.7. The van der Waals surface area contributed by atoms with E-state index >= 15 is 0 Å². The van der Waals surface area contributed by atoms with Crippen LogP contribution in [-0.4, -0.2) is 23.9 Å². The van der Waals surface area contributed by atoms with Crippen LogP contribution in [0, 0.1) is 0 Å². The minimum absolute atomic E-state index is 0.273. The normalized spacial score (nSPS) is 13.6. The van der Waals surface area contributed by atoms with E-state index in [4.69, 9.17) is 5.73 Å². The van der Waals surface area contributed by atoms with Crippen LogP contribution in [0.25, 0.3) is 0 Å². The van der Waals surface area contributed by atoms with Crippen LogP contribution in [0.1, 0.15) is 13.8 Å². The molecule has 1 unspecified atom stereocenters. The zero-order valence-electron chi connectivity index (χ0n) is 9.94. The van der Waals surface area contributed by atoms with Gasteiger partial charge in [-0.2, -0.15) is 0 Å². The van der Waals surface area contributed by atoms with Gasteiger partial charge in [-0.3, -0.25) is 9.59 Å². The Hall–Kier alpha value is -1.88. The molecule has 0 radical (unpaired) electrons. The number of rotatable bonds is 4. The zero-order valence-corrected chi connectivity index (χ0v) is 9.94. The molecule has 5 nitrogen and oxygen atoms in total. The Labute approximate surface area is 100 Å².